The van der Waals surface area contributed by atoms with Crippen molar-refractivity contribution in [1.29, 1.82) is 0 Å². The van der Waals surface area contributed by atoms with E-state index >= 15 is 0 Å². The van der Waals surface area contributed by atoms with Crippen molar-refractivity contribution in [3.63, 3.8) is 0 Å². The Kier molecular flexibility index (Phi) is 4.08. The normalized spacial score (nSPS) is 23.4. The molecule has 1 saturated heterocycles. The molecule has 0 saturated carbocycles. The van der Waals surface area contributed by atoms with Crippen LogP contribution >= 0.6 is 11.3 Å². The second-order valence-electron chi connectivity index (χ2n) is 7.39. The molecule has 0 unspecified atom stereocenters. The smallest absolute Gasteiger partial charge is 0.230 e. The molecule has 6 nitrogen and oxygen atoms in total. The van der Waals surface area contributed by atoms with Crippen molar-refractivity contribution in [2.24, 2.45) is 11.8 Å². The molecule has 7 heteroatoms. The highest BCUT2D eigenvalue weighted by molar-refractivity contribution is 7.17. The van der Waals surface area contributed by atoms with Crippen LogP contribution in [0.25, 0.3) is 4.96 Å². The van der Waals surface area contributed by atoms with Gasteiger partial charge in [-0.25, -0.2) is 4.98 Å². The Labute approximate surface area is 151 Å². The molecule has 0 spiro atoms. The lowest BCUT2D eigenvalue weighted by atomic mass is 9.90. The molecule has 1 aliphatic heterocycles. The molecule has 0 aliphatic carbocycles. The number of thiazole rings is 1. The quantitative estimate of drug-likeness (QED) is 0.770. The van der Waals surface area contributed by atoms with Gasteiger partial charge in [0, 0.05) is 13.1 Å². The van der Waals surface area contributed by atoms with Gasteiger partial charge in [0.1, 0.15) is 23.4 Å². The van der Waals surface area contributed by atoms with Crippen LogP contribution in [0.1, 0.15) is 48.5 Å². The van der Waals surface area contributed by atoms with Crippen LogP contribution in [0, 0.1) is 25.7 Å². The van der Waals surface area contributed by atoms with Gasteiger partial charge >= 0.3 is 0 Å². The van der Waals surface area contributed by atoms with E-state index in [-0.39, 0.29) is 11.9 Å². The molecule has 1 aliphatic rings. The van der Waals surface area contributed by atoms with Gasteiger partial charge in [-0.3, -0.25) is 4.90 Å². The number of rotatable bonds is 3. The molecule has 0 aromatic carbocycles. The van der Waals surface area contributed by atoms with Crippen molar-refractivity contribution in [3.8, 4) is 5.88 Å². The summed E-state index contributed by atoms with van der Waals surface area (Å²) in [5.74, 6) is 3.83. The first-order valence-corrected chi connectivity index (χ1v) is 9.59. The van der Waals surface area contributed by atoms with Crippen LogP contribution in [-0.4, -0.2) is 37.7 Å². The van der Waals surface area contributed by atoms with Crippen LogP contribution in [0.4, 0.5) is 0 Å². The van der Waals surface area contributed by atoms with Crippen LogP contribution in [0.15, 0.2) is 16.5 Å². The van der Waals surface area contributed by atoms with Gasteiger partial charge in [0.15, 0.2) is 0 Å². The van der Waals surface area contributed by atoms with Crippen molar-refractivity contribution >= 4 is 16.3 Å². The monoisotopic (exact) mass is 360 g/mol. The second kappa shape index (κ2) is 6.14. The van der Waals surface area contributed by atoms with Gasteiger partial charge in [-0.2, -0.15) is 4.52 Å². The molecule has 3 atom stereocenters. The summed E-state index contributed by atoms with van der Waals surface area (Å²) in [7, 11) is 0. The first kappa shape index (κ1) is 16.6. The summed E-state index contributed by atoms with van der Waals surface area (Å²) < 4.78 is 7.52. The zero-order chi connectivity index (χ0) is 17.7. The van der Waals surface area contributed by atoms with Gasteiger partial charge in [0.25, 0.3) is 0 Å². The highest BCUT2D eigenvalue weighted by Crippen LogP contribution is 2.42. The summed E-state index contributed by atoms with van der Waals surface area (Å²) in [6.07, 6.45) is 1.24. The molecule has 0 amide bonds. The molecule has 1 N–H and O–H groups in total. The van der Waals surface area contributed by atoms with Crippen LogP contribution in [0.5, 0.6) is 5.88 Å². The summed E-state index contributed by atoms with van der Waals surface area (Å²) in [5.41, 5.74) is 0. The standard InChI is InChI=1S/C18H24N4O2S/c1-10-7-11(2)9-21(8-10)15(14-6-5-12(3)24-14)16-17(23)22-18(25-16)19-13(4)20-22/h5-6,10-11,15,23H,7-9H2,1-4H3/t10-,11-,15-/m0/s1. The molecule has 0 radical (unpaired) electrons. The summed E-state index contributed by atoms with van der Waals surface area (Å²) >= 11 is 1.49. The van der Waals surface area contributed by atoms with Crippen LogP contribution < -0.4 is 0 Å². The maximum Gasteiger partial charge on any atom is 0.230 e. The Morgan fingerprint density at radius 2 is 1.96 bits per heavy atom. The Bertz CT molecular complexity index is 886. The molecule has 25 heavy (non-hydrogen) atoms. The summed E-state index contributed by atoms with van der Waals surface area (Å²) in [6.45, 7) is 10.3. The fourth-order valence-corrected chi connectivity index (χ4v) is 5.17. The Balaban J connectivity index is 1.81. The number of likely N-dealkylation sites (tertiary alicyclic amines) is 1. The van der Waals surface area contributed by atoms with Crippen molar-refractivity contribution < 1.29 is 9.52 Å². The van der Waals surface area contributed by atoms with Crippen molar-refractivity contribution in [2.45, 2.75) is 40.2 Å². The van der Waals surface area contributed by atoms with Crippen molar-refractivity contribution in [3.05, 3.63) is 34.4 Å². The van der Waals surface area contributed by atoms with Crippen molar-refractivity contribution in [1.82, 2.24) is 19.5 Å². The van der Waals surface area contributed by atoms with E-state index in [2.05, 4.69) is 28.8 Å². The number of nitrogens with zero attached hydrogens (tertiary/aromatic N) is 4. The molecule has 0 bridgehead atoms. The van der Waals surface area contributed by atoms with E-state index in [0.29, 0.717) is 17.7 Å². The van der Waals surface area contributed by atoms with Crippen LogP contribution in [0.3, 0.4) is 0 Å². The number of aryl methyl sites for hydroxylation is 2. The highest BCUT2D eigenvalue weighted by atomic mass is 32.1. The Hall–Kier alpha value is -1.86. The lowest BCUT2D eigenvalue weighted by Crippen LogP contribution is -2.41. The molecule has 134 valence electrons. The third-order valence-electron chi connectivity index (χ3n) is 4.85. The number of aromatic hydroxyl groups is 1. The minimum atomic E-state index is -0.104. The minimum absolute atomic E-state index is 0.104. The molecule has 4 heterocycles. The zero-order valence-electron chi connectivity index (χ0n) is 15.1. The SMILES string of the molecule is Cc1nc2sc([C@H](c3ccc(C)o3)N3C[C@@H](C)C[C@H](C)C3)c(O)n2n1. The summed E-state index contributed by atoms with van der Waals surface area (Å²) in [4.78, 5) is 8.41. The second-order valence-corrected chi connectivity index (χ2v) is 8.40. The van der Waals surface area contributed by atoms with Crippen molar-refractivity contribution in [2.75, 3.05) is 13.1 Å². The van der Waals surface area contributed by atoms with E-state index in [0.717, 1.165) is 34.4 Å². The summed E-state index contributed by atoms with van der Waals surface area (Å²) in [5, 5.41) is 15.1. The Morgan fingerprint density at radius 1 is 1.24 bits per heavy atom. The van der Waals surface area contributed by atoms with E-state index in [1.165, 1.54) is 22.3 Å². The van der Waals surface area contributed by atoms with Gasteiger partial charge in [-0.1, -0.05) is 25.2 Å². The molecule has 3 aromatic heterocycles. The molecular weight excluding hydrogens is 336 g/mol. The molecule has 4 rings (SSSR count). The fourth-order valence-electron chi connectivity index (χ4n) is 4.02. The number of piperidine rings is 1. The number of fused-ring (bicyclic) bond motifs is 1. The van der Waals surface area contributed by atoms with E-state index in [4.69, 9.17) is 4.42 Å². The fraction of sp³-hybridized carbons (Fsp3) is 0.556. The van der Waals surface area contributed by atoms with E-state index in [1.54, 1.807) is 0 Å². The number of hydrogen-bond donors (Lipinski definition) is 1. The first-order valence-electron chi connectivity index (χ1n) is 8.77. The van der Waals surface area contributed by atoms with E-state index in [9.17, 15) is 5.11 Å². The van der Waals surface area contributed by atoms with E-state index in [1.807, 2.05) is 26.0 Å². The summed E-state index contributed by atoms with van der Waals surface area (Å²) in [6, 6.07) is 3.90. The topological polar surface area (TPSA) is 66.8 Å². The first-order chi connectivity index (χ1) is 11.9. The third-order valence-corrected chi connectivity index (χ3v) is 5.92. The van der Waals surface area contributed by atoms with E-state index < -0.39 is 0 Å². The molecular formula is C18H24N4O2S. The predicted octanol–water partition coefficient (Wildman–Crippen LogP) is 3.77. The lowest BCUT2D eigenvalue weighted by molar-refractivity contribution is 0.101. The minimum Gasteiger partial charge on any atom is -0.492 e. The molecule has 1 fully saturated rings. The van der Waals surface area contributed by atoms with Gasteiger partial charge < -0.3 is 9.52 Å². The largest absolute Gasteiger partial charge is 0.492 e. The van der Waals surface area contributed by atoms with Gasteiger partial charge in [0.05, 0.1) is 4.88 Å². The number of aromatic nitrogens is 3. The number of furan rings is 1. The maximum absolute atomic E-state index is 10.8. The average Bonchev–Trinajstić information content (AvgIpc) is 3.17. The highest BCUT2D eigenvalue weighted by Gasteiger charge is 2.35. The lowest BCUT2D eigenvalue weighted by Gasteiger charge is -2.38. The maximum atomic E-state index is 10.8. The third kappa shape index (κ3) is 2.95. The van der Waals surface area contributed by atoms with Crippen LogP contribution in [0.2, 0.25) is 0 Å². The zero-order valence-corrected chi connectivity index (χ0v) is 15.9. The van der Waals surface area contributed by atoms with Gasteiger partial charge in [-0.05, 0) is 44.2 Å². The Morgan fingerprint density at radius 3 is 2.56 bits per heavy atom. The average molecular weight is 360 g/mol. The number of hydrogen-bond acceptors (Lipinski definition) is 6. The van der Waals surface area contributed by atoms with Gasteiger partial charge in [0.2, 0.25) is 10.8 Å². The molecule has 3 aromatic rings. The van der Waals surface area contributed by atoms with Gasteiger partial charge in [-0.15, -0.1) is 5.10 Å². The predicted molar refractivity (Wildman–Crippen MR) is 97.1 cm³/mol. The van der Waals surface area contributed by atoms with Crippen LogP contribution in [-0.2, 0) is 0 Å².